The number of nitrogens with zero attached hydrogens (tertiary/aromatic N) is 4. The summed E-state index contributed by atoms with van der Waals surface area (Å²) in [6.07, 6.45) is 3.06. The number of halogens is 1. The molecule has 1 N–H and O–H groups in total. The van der Waals surface area contributed by atoms with Gasteiger partial charge in [-0.05, 0) is 27.5 Å². The molecule has 0 radical (unpaired) electrons. The highest BCUT2D eigenvalue weighted by molar-refractivity contribution is 9.10. The molecule has 78 valence electrons. The molecular formula is C8H8BrN5O. The normalized spacial score (nSPS) is 9.13. The summed E-state index contributed by atoms with van der Waals surface area (Å²) < 4.78 is 0.741. The van der Waals surface area contributed by atoms with Crippen LogP contribution in [0.5, 0.6) is 0 Å². The lowest BCUT2D eigenvalue weighted by Crippen LogP contribution is -2.25. The predicted octanol–water partition coefficient (Wildman–Crippen LogP) is 1.88. The van der Waals surface area contributed by atoms with Crippen molar-refractivity contribution in [3.8, 4) is 0 Å². The van der Waals surface area contributed by atoms with E-state index in [0.717, 1.165) is 4.47 Å². The number of carbonyl (C=O) groups excluding carboxylic acids is 1. The van der Waals surface area contributed by atoms with Crippen molar-refractivity contribution in [2.75, 3.05) is 13.1 Å². The molecular weight excluding hydrogens is 262 g/mol. The maximum absolute atomic E-state index is 11.5. The van der Waals surface area contributed by atoms with E-state index in [0.29, 0.717) is 12.1 Å². The highest BCUT2D eigenvalue weighted by Gasteiger charge is 2.04. The average Bonchev–Trinajstić information content (AvgIpc) is 2.24. The van der Waals surface area contributed by atoms with Gasteiger partial charge in [0.1, 0.15) is 0 Å². The molecule has 15 heavy (non-hydrogen) atoms. The fraction of sp³-hybridized carbons (Fsp3) is 0.250. The van der Waals surface area contributed by atoms with Crippen LogP contribution in [0, 0.1) is 0 Å². The number of aromatic nitrogens is 1. The van der Waals surface area contributed by atoms with Crippen LogP contribution in [0.25, 0.3) is 10.4 Å². The first-order valence-corrected chi connectivity index (χ1v) is 4.93. The Morgan fingerprint density at radius 3 is 3.13 bits per heavy atom. The minimum absolute atomic E-state index is 0.239. The first-order chi connectivity index (χ1) is 7.24. The molecule has 0 atom stereocenters. The van der Waals surface area contributed by atoms with Crippen molar-refractivity contribution >= 4 is 21.8 Å². The van der Waals surface area contributed by atoms with Crippen LogP contribution in [0.4, 0.5) is 0 Å². The molecule has 0 aliphatic rings. The monoisotopic (exact) mass is 269 g/mol. The summed E-state index contributed by atoms with van der Waals surface area (Å²) in [5.41, 5.74) is 8.48. The van der Waals surface area contributed by atoms with Crippen molar-refractivity contribution in [1.29, 1.82) is 0 Å². The lowest BCUT2D eigenvalue weighted by molar-refractivity contribution is 0.0954. The second kappa shape index (κ2) is 6.00. The lowest BCUT2D eigenvalue weighted by Gasteiger charge is -2.02. The third-order valence-electron chi connectivity index (χ3n) is 1.53. The van der Waals surface area contributed by atoms with Crippen LogP contribution in [0.2, 0.25) is 0 Å². The number of amides is 1. The van der Waals surface area contributed by atoms with Gasteiger partial charge >= 0.3 is 0 Å². The maximum Gasteiger partial charge on any atom is 0.252 e. The molecule has 7 heteroatoms. The molecule has 0 saturated carbocycles. The van der Waals surface area contributed by atoms with Crippen molar-refractivity contribution < 1.29 is 4.79 Å². The van der Waals surface area contributed by atoms with E-state index in [9.17, 15) is 4.79 Å². The zero-order valence-electron chi connectivity index (χ0n) is 7.72. The molecule has 0 fully saturated rings. The van der Waals surface area contributed by atoms with Gasteiger partial charge in [-0.25, -0.2) is 0 Å². The molecule has 0 aliphatic carbocycles. The summed E-state index contributed by atoms with van der Waals surface area (Å²) >= 11 is 3.21. The largest absolute Gasteiger partial charge is 0.352 e. The number of hydrogen-bond donors (Lipinski definition) is 1. The summed E-state index contributed by atoms with van der Waals surface area (Å²) in [6.45, 7) is 0.555. The van der Waals surface area contributed by atoms with Crippen molar-refractivity contribution in [2.45, 2.75) is 0 Å². The number of hydrogen-bond acceptors (Lipinski definition) is 3. The molecule has 0 unspecified atom stereocenters. The van der Waals surface area contributed by atoms with Crippen LogP contribution in [-0.4, -0.2) is 24.0 Å². The van der Waals surface area contributed by atoms with E-state index in [1.165, 1.54) is 6.20 Å². The highest BCUT2D eigenvalue weighted by Crippen LogP contribution is 2.08. The standard InChI is InChI=1S/C8H8BrN5O/c9-7-3-6(4-11-5-7)8(15)12-1-2-13-14-10/h3-5H,1-2H2,(H,12,15). The molecule has 1 amide bonds. The predicted molar refractivity (Wildman–Crippen MR) is 58.3 cm³/mol. The Bertz CT molecular complexity index is 402. The summed E-state index contributed by atoms with van der Waals surface area (Å²) in [6, 6.07) is 1.66. The second-order valence-electron chi connectivity index (χ2n) is 2.60. The summed E-state index contributed by atoms with van der Waals surface area (Å²) in [5, 5.41) is 5.89. The summed E-state index contributed by atoms with van der Waals surface area (Å²) in [7, 11) is 0. The molecule has 1 aromatic rings. The lowest BCUT2D eigenvalue weighted by atomic mass is 10.3. The van der Waals surface area contributed by atoms with E-state index in [-0.39, 0.29) is 12.5 Å². The number of rotatable bonds is 4. The fourth-order valence-corrected chi connectivity index (χ4v) is 1.27. The number of carbonyl (C=O) groups is 1. The Balaban J connectivity index is 2.50. The molecule has 0 aromatic carbocycles. The second-order valence-corrected chi connectivity index (χ2v) is 3.52. The minimum atomic E-state index is -0.239. The van der Waals surface area contributed by atoms with Crippen LogP contribution in [-0.2, 0) is 0 Å². The Morgan fingerprint density at radius 2 is 2.47 bits per heavy atom. The first kappa shape index (κ1) is 11.5. The van der Waals surface area contributed by atoms with E-state index in [2.05, 4.69) is 36.3 Å². The van der Waals surface area contributed by atoms with Gasteiger partial charge in [-0.1, -0.05) is 5.11 Å². The van der Waals surface area contributed by atoms with Gasteiger partial charge < -0.3 is 5.32 Å². The Kier molecular flexibility index (Phi) is 4.59. The van der Waals surface area contributed by atoms with Gasteiger partial charge in [0.25, 0.3) is 5.91 Å². The van der Waals surface area contributed by atoms with Gasteiger partial charge in [0.2, 0.25) is 0 Å². The van der Waals surface area contributed by atoms with Gasteiger partial charge in [-0.15, -0.1) is 0 Å². The number of nitrogens with one attached hydrogen (secondary N) is 1. The van der Waals surface area contributed by atoms with E-state index < -0.39 is 0 Å². The molecule has 0 saturated heterocycles. The van der Waals surface area contributed by atoms with Gasteiger partial charge in [0.15, 0.2) is 0 Å². The van der Waals surface area contributed by atoms with E-state index >= 15 is 0 Å². The van der Waals surface area contributed by atoms with Crippen molar-refractivity contribution in [3.63, 3.8) is 0 Å². The molecule has 1 heterocycles. The van der Waals surface area contributed by atoms with E-state index in [1.54, 1.807) is 12.3 Å². The van der Waals surface area contributed by atoms with Crippen molar-refractivity contribution in [1.82, 2.24) is 10.3 Å². The zero-order valence-corrected chi connectivity index (χ0v) is 9.31. The summed E-state index contributed by atoms with van der Waals surface area (Å²) in [4.78, 5) is 17.9. The Labute approximate surface area is 94.5 Å². The number of azide groups is 1. The van der Waals surface area contributed by atoms with Crippen molar-refractivity contribution in [3.05, 3.63) is 38.9 Å². The SMILES string of the molecule is [N-]=[N+]=NCCNC(=O)c1cncc(Br)c1. The Morgan fingerprint density at radius 1 is 1.67 bits per heavy atom. The van der Waals surface area contributed by atoms with Gasteiger partial charge in [-0.3, -0.25) is 9.78 Å². The average molecular weight is 270 g/mol. The highest BCUT2D eigenvalue weighted by atomic mass is 79.9. The maximum atomic E-state index is 11.5. The zero-order chi connectivity index (χ0) is 11.1. The molecule has 0 aliphatic heterocycles. The smallest absolute Gasteiger partial charge is 0.252 e. The van der Waals surface area contributed by atoms with E-state index in [1.807, 2.05) is 0 Å². The van der Waals surface area contributed by atoms with E-state index in [4.69, 9.17) is 5.53 Å². The van der Waals surface area contributed by atoms with Crippen LogP contribution in [0.1, 0.15) is 10.4 Å². The van der Waals surface area contributed by atoms with Crippen molar-refractivity contribution in [2.24, 2.45) is 5.11 Å². The Hall–Kier alpha value is -1.59. The van der Waals surface area contributed by atoms with Crippen LogP contribution in [0.15, 0.2) is 28.0 Å². The fourth-order valence-electron chi connectivity index (χ4n) is 0.902. The van der Waals surface area contributed by atoms with Gasteiger partial charge in [0.05, 0.1) is 5.56 Å². The van der Waals surface area contributed by atoms with Crippen LogP contribution in [0.3, 0.4) is 0 Å². The first-order valence-electron chi connectivity index (χ1n) is 4.13. The molecule has 6 nitrogen and oxygen atoms in total. The minimum Gasteiger partial charge on any atom is -0.352 e. The molecule has 1 rings (SSSR count). The molecule has 0 spiro atoms. The third-order valence-corrected chi connectivity index (χ3v) is 1.96. The third kappa shape index (κ3) is 3.97. The molecule has 0 bridgehead atoms. The number of pyridine rings is 1. The topological polar surface area (TPSA) is 90.8 Å². The van der Waals surface area contributed by atoms with Gasteiger partial charge in [0, 0.05) is 34.9 Å². The van der Waals surface area contributed by atoms with Crippen LogP contribution < -0.4 is 5.32 Å². The quantitative estimate of drug-likeness (QED) is 0.391. The van der Waals surface area contributed by atoms with Crippen LogP contribution >= 0.6 is 15.9 Å². The van der Waals surface area contributed by atoms with Gasteiger partial charge in [-0.2, -0.15) is 0 Å². The molecule has 1 aromatic heterocycles. The summed E-state index contributed by atoms with van der Waals surface area (Å²) in [5.74, 6) is -0.239.